The van der Waals surface area contributed by atoms with E-state index in [1.165, 1.54) is 12.1 Å². The Hall–Kier alpha value is -4.32. The van der Waals surface area contributed by atoms with Crippen LogP contribution in [0.1, 0.15) is 5.56 Å². The number of hydrogen-bond acceptors (Lipinski definition) is 7. The van der Waals surface area contributed by atoms with Crippen molar-refractivity contribution in [3.8, 4) is 28.5 Å². The number of nitro groups is 1. The van der Waals surface area contributed by atoms with E-state index in [9.17, 15) is 15.4 Å². The summed E-state index contributed by atoms with van der Waals surface area (Å²) in [5.74, 6) is 0.226. The Kier molecular flexibility index (Phi) is 3.71. The first-order chi connectivity index (χ1) is 13.1. The molecule has 0 fully saturated rings. The number of hydrogen-bond donors (Lipinski definition) is 2. The second-order valence-corrected chi connectivity index (χ2v) is 5.76. The number of nitriles is 1. The van der Waals surface area contributed by atoms with Crippen molar-refractivity contribution in [2.75, 3.05) is 5.73 Å². The van der Waals surface area contributed by atoms with Crippen LogP contribution in [0.3, 0.4) is 0 Å². The maximum atomic E-state index is 11.1. The third-order valence-electron chi connectivity index (χ3n) is 4.12. The molecule has 9 heteroatoms. The number of nitrogens with one attached hydrogen (secondary N) is 1. The van der Waals surface area contributed by atoms with E-state index >= 15 is 0 Å². The van der Waals surface area contributed by atoms with Crippen molar-refractivity contribution in [3.63, 3.8) is 0 Å². The van der Waals surface area contributed by atoms with Crippen molar-refractivity contribution in [1.29, 1.82) is 5.26 Å². The minimum absolute atomic E-state index is 0.0636. The largest absolute Gasteiger partial charge is 0.382 e. The summed E-state index contributed by atoms with van der Waals surface area (Å²) >= 11 is 0. The Bertz CT molecular complexity index is 1240. The van der Waals surface area contributed by atoms with Gasteiger partial charge in [0.1, 0.15) is 5.69 Å². The molecule has 0 saturated heterocycles. The lowest BCUT2D eigenvalue weighted by atomic mass is 9.96. The highest BCUT2D eigenvalue weighted by atomic mass is 16.6. The molecule has 2 heterocycles. The number of anilines is 1. The molecule has 4 rings (SSSR count). The second-order valence-electron chi connectivity index (χ2n) is 5.76. The molecule has 130 valence electrons. The lowest BCUT2D eigenvalue weighted by Gasteiger charge is -2.10. The van der Waals surface area contributed by atoms with Gasteiger partial charge >= 0.3 is 0 Å². The molecule has 4 aromatic rings. The van der Waals surface area contributed by atoms with Crippen molar-refractivity contribution >= 4 is 22.5 Å². The van der Waals surface area contributed by atoms with Gasteiger partial charge in [-0.1, -0.05) is 24.3 Å². The Morgan fingerprint density at radius 3 is 2.67 bits per heavy atom. The first kappa shape index (κ1) is 16.2. The van der Waals surface area contributed by atoms with Gasteiger partial charge in [0.15, 0.2) is 11.5 Å². The predicted molar refractivity (Wildman–Crippen MR) is 98.3 cm³/mol. The molecule has 0 bridgehead atoms. The van der Waals surface area contributed by atoms with E-state index < -0.39 is 4.92 Å². The number of nitro benzene ring substituents is 1. The zero-order chi connectivity index (χ0) is 19.0. The van der Waals surface area contributed by atoms with Crippen LogP contribution in [-0.4, -0.2) is 25.3 Å². The molecule has 3 N–H and O–H groups in total. The molecule has 0 aliphatic heterocycles. The van der Waals surface area contributed by atoms with Gasteiger partial charge in [0.2, 0.25) is 0 Å². The number of nitrogens with two attached hydrogens (primary N) is 1. The number of non-ortho nitro benzene ring substituents is 1. The van der Waals surface area contributed by atoms with Gasteiger partial charge in [-0.25, -0.2) is 0 Å². The molecule has 0 amide bonds. The summed E-state index contributed by atoms with van der Waals surface area (Å²) in [6, 6.07) is 15.1. The second kappa shape index (κ2) is 6.20. The summed E-state index contributed by atoms with van der Waals surface area (Å²) in [4.78, 5) is 10.7. The highest BCUT2D eigenvalue weighted by Gasteiger charge is 2.20. The highest BCUT2D eigenvalue weighted by molar-refractivity contribution is 6.04. The molecule has 0 spiro atoms. The minimum atomic E-state index is -0.475. The maximum Gasteiger partial charge on any atom is 0.270 e. The topological polar surface area (TPSA) is 147 Å². The zero-order valence-electron chi connectivity index (χ0n) is 13.7. The van der Waals surface area contributed by atoms with Crippen LogP contribution in [0.15, 0.2) is 48.5 Å². The summed E-state index contributed by atoms with van der Waals surface area (Å²) < 4.78 is 0. The summed E-state index contributed by atoms with van der Waals surface area (Å²) in [6.07, 6.45) is 0. The van der Waals surface area contributed by atoms with E-state index in [-0.39, 0.29) is 11.5 Å². The van der Waals surface area contributed by atoms with E-state index in [0.717, 1.165) is 0 Å². The number of rotatable bonds is 3. The summed E-state index contributed by atoms with van der Waals surface area (Å²) in [6.45, 7) is 0. The predicted octanol–water partition coefficient (Wildman–Crippen LogP) is 3.05. The Morgan fingerprint density at radius 1 is 1.11 bits per heavy atom. The minimum Gasteiger partial charge on any atom is -0.382 e. The molecule has 0 radical (unpaired) electrons. The highest BCUT2D eigenvalue weighted by Crippen LogP contribution is 2.38. The van der Waals surface area contributed by atoms with Crippen LogP contribution >= 0.6 is 0 Å². The summed E-state index contributed by atoms with van der Waals surface area (Å²) in [5.41, 5.74) is 9.02. The van der Waals surface area contributed by atoms with Crippen molar-refractivity contribution in [1.82, 2.24) is 20.4 Å². The Labute approximate surface area is 152 Å². The van der Waals surface area contributed by atoms with E-state index in [0.29, 0.717) is 39.0 Å². The number of nitrogen functional groups attached to an aromatic ring is 1. The van der Waals surface area contributed by atoms with Gasteiger partial charge in [0.25, 0.3) is 5.69 Å². The zero-order valence-corrected chi connectivity index (χ0v) is 13.7. The van der Waals surface area contributed by atoms with Crippen molar-refractivity contribution in [2.45, 2.75) is 0 Å². The smallest absolute Gasteiger partial charge is 0.270 e. The van der Waals surface area contributed by atoms with Gasteiger partial charge in [0.05, 0.1) is 21.9 Å². The molecular weight excluding hydrogens is 346 g/mol. The number of aromatic nitrogens is 4. The number of nitrogens with zero attached hydrogens (tertiary/aromatic N) is 5. The molecular formula is C18H11N7O2. The van der Waals surface area contributed by atoms with Crippen molar-refractivity contribution < 1.29 is 4.92 Å². The molecule has 0 saturated carbocycles. The fourth-order valence-corrected chi connectivity index (χ4v) is 2.93. The first-order valence-corrected chi connectivity index (χ1v) is 7.84. The van der Waals surface area contributed by atoms with Gasteiger partial charge in [0, 0.05) is 23.3 Å². The van der Waals surface area contributed by atoms with Crippen LogP contribution < -0.4 is 5.73 Å². The lowest BCUT2D eigenvalue weighted by molar-refractivity contribution is -0.384. The molecule has 0 aliphatic carbocycles. The number of fused-ring (bicyclic) bond motifs is 1. The number of benzene rings is 2. The summed E-state index contributed by atoms with van der Waals surface area (Å²) in [7, 11) is 0. The Balaban J connectivity index is 2.07. The van der Waals surface area contributed by atoms with Gasteiger partial charge in [-0.05, 0) is 17.7 Å². The lowest BCUT2D eigenvalue weighted by Crippen LogP contribution is -1.97. The van der Waals surface area contributed by atoms with Crippen LogP contribution in [0.5, 0.6) is 0 Å². The molecule has 0 atom stereocenters. The Morgan fingerprint density at radius 2 is 1.89 bits per heavy atom. The first-order valence-electron chi connectivity index (χ1n) is 7.84. The average molecular weight is 357 g/mol. The molecule has 2 aromatic heterocycles. The fourth-order valence-electron chi connectivity index (χ4n) is 2.93. The third kappa shape index (κ3) is 2.71. The van der Waals surface area contributed by atoms with E-state index in [1.807, 2.05) is 6.07 Å². The molecule has 0 unspecified atom stereocenters. The van der Waals surface area contributed by atoms with Gasteiger partial charge < -0.3 is 5.73 Å². The van der Waals surface area contributed by atoms with Crippen LogP contribution in [-0.2, 0) is 0 Å². The monoisotopic (exact) mass is 357 g/mol. The fraction of sp³-hybridized carbons (Fsp3) is 0. The van der Waals surface area contributed by atoms with Gasteiger partial charge in [-0.3, -0.25) is 15.2 Å². The third-order valence-corrected chi connectivity index (χ3v) is 4.12. The van der Waals surface area contributed by atoms with Gasteiger partial charge in [-0.2, -0.15) is 10.4 Å². The van der Waals surface area contributed by atoms with E-state index in [1.54, 1.807) is 30.3 Å². The van der Waals surface area contributed by atoms with Crippen molar-refractivity contribution in [3.05, 3.63) is 64.2 Å². The molecule has 27 heavy (non-hydrogen) atoms. The SMILES string of the molecule is N#Cc1cccc(-c2c(-c3cccc([N+](=O)[O-])c3)nnc3[nH]nc(N)c23)c1. The van der Waals surface area contributed by atoms with Gasteiger partial charge in [-0.15, -0.1) is 10.2 Å². The molecule has 9 nitrogen and oxygen atoms in total. The van der Waals surface area contributed by atoms with Crippen molar-refractivity contribution in [2.24, 2.45) is 0 Å². The van der Waals surface area contributed by atoms with Crippen LogP contribution in [0, 0.1) is 21.4 Å². The normalized spacial score (nSPS) is 10.6. The quantitative estimate of drug-likeness (QED) is 0.423. The summed E-state index contributed by atoms with van der Waals surface area (Å²) in [5, 5.41) is 35.9. The molecule has 2 aromatic carbocycles. The van der Waals surface area contributed by atoms with E-state index in [4.69, 9.17) is 5.73 Å². The van der Waals surface area contributed by atoms with Crippen LogP contribution in [0.25, 0.3) is 33.4 Å². The molecule has 0 aliphatic rings. The average Bonchev–Trinajstić information content (AvgIpc) is 3.08. The number of H-pyrrole nitrogens is 1. The number of aromatic amines is 1. The maximum absolute atomic E-state index is 11.1. The van der Waals surface area contributed by atoms with E-state index in [2.05, 4.69) is 26.5 Å². The van der Waals surface area contributed by atoms with Crippen LogP contribution in [0.4, 0.5) is 11.5 Å². The standard InChI is InChI=1S/C18H11N7O2/c19-9-10-3-1-4-11(7-10)14-15-17(20)22-24-18(15)23-21-16(14)12-5-2-6-13(8-12)25(26)27/h1-8H,(H3,20,22,23,24). The van der Waals surface area contributed by atoms with Crippen LogP contribution in [0.2, 0.25) is 0 Å².